The van der Waals surface area contributed by atoms with Crippen LogP contribution in [0, 0.1) is 5.41 Å². The van der Waals surface area contributed by atoms with Crippen molar-refractivity contribution in [2.45, 2.75) is 71.3 Å². The van der Waals surface area contributed by atoms with Crippen molar-refractivity contribution in [2.24, 2.45) is 11.1 Å². The van der Waals surface area contributed by atoms with Gasteiger partial charge in [-0.25, -0.2) is 0 Å². The second-order valence-electron chi connectivity index (χ2n) is 5.37. The molecule has 1 aliphatic carbocycles. The molecule has 0 aromatic rings. The molecule has 3 nitrogen and oxygen atoms in total. The molecule has 1 aliphatic rings. The fraction of sp³-hybridized carbons (Fsp3) is 0.857. The van der Waals surface area contributed by atoms with Crippen molar-refractivity contribution in [3.05, 3.63) is 0 Å². The van der Waals surface area contributed by atoms with Gasteiger partial charge >= 0.3 is 0 Å². The van der Waals surface area contributed by atoms with Gasteiger partial charge in [-0.05, 0) is 25.7 Å². The summed E-state index contributed by atoms with van der Waals surface area (Å²) in [5.74, 6) is 0.0648. The molecule has 0 heterocycles. The van der Waals surface area contributed by atoms with Gasteiger partial charge in [-0.15, -0.1) is 0 Å². The van der Waals surface area contributed by atoms with E-state index in [2.05, 4.69) is 19.2 Å². The minimum absolute atomic E-state index is 0.0648. The zero-order valence-corrected chi connectivity index (χ0v) is 12.4. The van der Waals surface area contributed by atoms with Gasteiger partial charge in [0.1, 0.15) is 0 Å². The second kappa shape index (κ2) is 7.07. The predicted molar refractivity (Wildman–Crippen MR) is 79.4 cm³/mol. The van der Waals surface area contributed by atoms with Crippen LogP contribution in [-0.4, -0.2) is 16.9 Å². The summed E-state index contributed by atoms with van der Waals surface area (Å²) in [5.41, 5.74) is 5.29. The molecule has 0 saturated heterocycles. The molecule has 0 bridgehead atoms. The normalized spacial score (nSPS) is 20.1. The Bertz CT molecular complexity index is 298. The summed E-state index contributed by atoms with van der Waals surface area (Å²) in [6, 6.07) is 0.260. The lowest BCUT2D eigenvalue weighted by atomic mass is 9.73. The van der Waals surface area contributed by atoms with E-state index in [9.17, 15) is 4.79 Å². The molecule has 104 valence electrons. The summed E-state index contributed by atoms with van der Waals surface area (Å²) < 4.78 is 0. The number of amides is 1. The van der Waals surface area contributed by atoms with E-state index in [-0.39, 0.29) is 11.9 Å². The smallest absolute Gasteiger partial charge is 0.233 e. The molecule has 0 aromatic carbocycles. The largest absolute Gasteiger partial charge is 0.392 e. The van der Waals surface area contributed by atoms with E-state index in [0.717, 1.165) is 44.9 Å². The molecule has 1 saturated carbocycles. The SMILES string of the molecule is CCCC(CC)NC(=O)C1(C(N)=S)CCCCC1. The number of hydrogen-bond acceptors (Lipinski definition) is 2. The summed E-state index contributed by atoms with van der Waals surface area (Å²) >= 11 is 5.17. The maximum atomic E-state index is 12.5. The van der Waals surface area contributed by atoms with Crippen molar-refractivity contribution in [3.63, 3.8) is 0 Å². The van der Waals surface area contributed by atoms with Gasteiger partial charge in [0.15, 0.2) is 0 Å². The molecule has 0 aromatic heterocycles. The highest BCUT2D eigenvalue weighted by molar-refractivity contribution is 7.80. The summed E-state index contributed by atoms with van der Waals surface area (Å²) in [7, 11) is 0. The van der Waals surface area contributed by atoms with E-state index >= 15 is 0 Å². The molecule has 4 heteroatoms. The van der Waals surface area contributed by atoms with Gasteiger partial charge in [-0.3, -0.25) is 4.79 Å². The van der Waals surface area contributed by atoms with Crippen LogP contribution in [0.3, 0.4) is 0 Å². The quantitative estimate of drug-likeness (QED) is 0.730. The Morgan fingerprint density at radius 2 is 1.94 bits per heavy atom. The minimum atomic E-state index is -0.575. The number of nitrogens with one attached hydrogen (secondary N) is 1. The molecule has 0 spiro atoms. The molecular weight excluding hydrogens is 244 g/mol. The molecule has 1 fully saturated rings. The van der Waals surface area contributed by atoms with Gasteiger partial charge in [-0.1, -0.05) is 51.7 Å². The van der Waals surface area contributed by atoms with Crippen LogP contribution in [0.1, 0.15) is 65.2 Å². The maximum absolute atomic E-state index is 12.5. The maximum Gasteiger partial charge on any atom is 0.233 e. The van der Waals surface area contributed by atoms with Crippen LogP contribution in [-0.2, 0) is 4.79 Å². The van der Waals surface area contributed by atoms with E-state index < -0.39 is 5.41 Å². The number of hydrogen-bond donors (Lipinski definition) is 2. The highest BCUT2D eigenvalue weighted by Gasteiger charge is 2.42. The standard InChI is InChI=1S/C14H26N2OS/c1-3-8-11(4-2)16-13(17)14(12(15)18)9-6-5-7-10-14/h11H,3-10H2,1-2H3,(H2,15,18)(H,16,17). The van der Waals surface area contributed by atoms with Crippen LogP contribution in [0.4, 0.5) is 0 Å². The van der Waals surface area contributed by atoms with Crippen LogP contribution < -0.4 is 11.1 Å². The van der Waals surface area contributed by atoms with Gasteiger partial charge in [0.05, 0.1) is 10.4 Å². The van der Waals surface area contributed by atoms with Crippen LogP contribution >= 0.6 is 12.2 Å². The van der Waals surface area contributed by atoms with Gasteiger partial charge in [0.25, 0.3) is 0 Å². The monoisotopic (exact) mass is 270 g/mol. The minimum Gasteiger partial charge on any atom is -0.392 e. The van der Waals surface area contributed by atoms with E-state index in [0.29, 0.717) is 4.99 Å². The Kier molecular flexibility index (Phi) is 6.06. The molecule has 1 atom stereocenters. The van der Waals surface area contributed by atoms with Crippen molar-refractivity contribution in [1.29, 1.82) is 0 Å². The van der Waals surface area contributed by atoms with Gasteiger partial charge in [0, 0.05) is 6.04 Å². The van der Waals surface area contributed by atoms with Crippen LogP contribution in [0.5, 0.6) is 0 Å². The van der Waals surface area contributed by atoms with Crippen LogP contribution in [0.2, 0.25) is 0 Å². The zero-order chi connectivity index (χ0) is 13.6. The summed E-state index contributed by atoms with van der Waals surface area (Å²) in [4.78, 5) is 12.9. The number of rotatable bonds is 6. The number of thiocarbonyl (C=S) groups is 1. The average molecular weight is 270 g/mol. The first-order chi connectivity index (χ1) is 8.56. The summed E-state index contributed by atoms with van der Waals surface area (Å²) in [6.45, 7) is 4.24. The van der Waals surface area contributed by atoms with Crippen molar-refractivity contribution < 1.29 is 4.79 Å². The van der Waals surface area contributed by atoms with Crippen LogP contribution in [0.15, 0.2) is 0 Å². The lowest BCUT2D eigenvalue weighted by molar-refractivity contribution is -0.129. The molecule has 1 rings (SSSR count). The second-order valence-corrected chi connectivity index (χ2v) is 5.81. The first-order valence-corrected chi connectivity index (χ1v) is 7.58. The molecule has 1 amide bonds. The van der Waals surface area contributed by atoms with Gasteiger partial charge in [-0.2, -0.15) is 0 Å². The Morgan fingerprint density at radius 1 is 1.33 bits per heavy atom. The predicted octanol–water partition coefficient (Wildman–Crippen LogP) is 2.92. The fourth-order valence-corrected chi connectivity index (χ4v) is 3.09. The Morgan fingerprint density at radius 3 is 2.39 bits per heavy atom. The van der Waals surface area contributed by atoms with E-state index in [1.54, 1.807) is 0 Å². The summed E-state index contributed by atoms with van der Waals surface area (Å²) in [6.07, 6.45) is 7.99. The topological polar surface area (TPSA) is 55.1 Å². The number of carbonyl (C=O) groups excluding carboxylic acids is 1. The average Bonchev–Trinajstić information content (AvgIpc) is 2.38. The lowest BCUT2D eigenvalue weighted by Gasteiger charge is -2.36. The van der Waals surface area contributed by atoms with Crippen molar-refractivity contribution in [3.8, 4) is 0 Å². The Hall–Kier alpha value is -0.640. The van der Waals surface area contributed by atoms with Gasteiger partial charge in [0.2, 0.25) is 5.91 Å². The van der Waals surface area contributed by atoms with E-state index in [4.69, 9.17) is 18.0 Å². The molecule has 0 aliphatic heterocycles. The third-order valence-corrected chi connectivity index (χ3v) is 4.47. The highest BCUT2D eigenvalue weighted by Crippen LogP contribution is 2.37. The fourth-order valence-electron chi connectivity index (χ4n) is 2.79. The Labute approximate surface area is 116 Å². The molecule has 1 unspecified atom stereocenters. The lowest BCUT2D eigenvalue weighted by Crippen LogP contribution is -2.52. The molecule has 0 radical (unpaired) electrons. The van der Waals surface area contributed by atoms with Crippen molar-refractivity contribution in [2.75, 3.05) is 0 Å². The highest BCUT2D eigenvalue weighted by atomic mass is 32.1. The summed E-state index contributed by atoms with van der Waals surface area (Å²) in [5, 5.41) is 3.15. The van der Waals surface area contributed by atoms with Crippen molar-refractivity contribution in [1.82, 2.24) is 5.32 Å². The Balaban J connectivity index is 2.73. The third-order valence-electron chi connectivity index (χ3n) is 4.08. The molecule has 18 heavy (non-hydrogen) atoms. The van der Waals surface area contributed by atoms with E-state index in [1.165, 1.54) is 6.42 Å². The number of nitrogens with two attached hydrogens (primary N) is 1. The van der Waals surface area contributed by atoms with Gasteiger partial charge < -0.3 is 11.1 Å². The van der Waals surface area contributed by atoms with Crippen molar-refractivity contribution >= 4 is 23.1 Å². The molecular formula is C14H26N2OS. The third kappa shape index (κ3) is 3.44. The van der Waals surface area contributed by atoms with E-state index in [1.807, 2.05) is 0 Å². The zero-order valence-electron chi connectivity index (χ0n) is 11.6. The van der Waals surface area contributed by atoms with Crippen LogP contribution in [0.25, 0.3) is 0 Å². The number of carbonyl (C=O) groups is 1. The molecule has 3 N–H and O–H groups in total. The first kappa shape index (κ1) is 15.4. The first-order valence-electron chi connectivity index (χ1n) is 7.17.